The van der Waals surface area contributed by atoms with Crippen molar-refractivity contribution in [3.05, 3.63) is 76.0 Å². The Labute approximate surface area is 212 Å². The van der Waals surface area contributed by atoms with E-state index in [-0.39, 0.29) is 18.4 Å². The summed E-state index contributed by atoms with van der Waals surface area (Å²) in [4.78, 5) is 19.0. The summed E-state index contributed by atoms with van der Waals surface area (Å²) in [7, 11) is 1.62. The van der Waals surface area contributed by atoms with Gasteiger partial charge in [0, 0.05) is 42.4 Å². The number of fused-ring (bicyclic) bond motifs is 3. The van der Waals surface area contributed by atoms with E-state index in [0.29, 0.717) is 31.7 Å². The van der Waals surface area contributed by atoms with Crippen molar-refractivity contribution in [2.24, 2.45) is 5.92 Å². The normalized spacial score (nSPS) is 19.4. The van der Waals surface area contributed by atoms with Gasteiger partial charge in [0.2, 0.25) is 5.91 Å². The van der Waals surface area contributed by atoms with Crippen molar-refractivity contribution in [2.45, 2.75) is 25.1 Å². The number of carbonyl (C=O) groups excluding carboxylic acids is 1. The number of amides is 1. The first kappa shape index (κ1) is 24.5. The monoisotopic (exact) mass is 515 g/mol. The molecule has 36 heavy (non-hydrogen) atoms. The molecule has 1 fully saturated rings. The molecule has 190 valence electrons. The molecule has 1 saturated heterocycles. The van der Waals surface area contributed by atoms with E-state index in [0.717, 1.165) is 29.6 Å². The number of nitrogens with zero attached hydrogens (tertiary/aromatic N) is 2. The average molecular weight is 516 g/mol. The lowest BCUT2D eigenvalue weighted by Gasteiger charge is -2.49. The molecular formula is C27H28F3N3O2S. The summed E-state index contributed by atoms with van der Waals surface area (Å²) < 4.78 is 45.6. The van der Waals surface area contributed by atoms with E-state index in [9.17, 15) is 18.0 Å². The van der Waals surface area contributed by atoms with E-state index in [1.807, 2.05) is 41.8 Å². The van der Waals surface area contributed by atoms with Crippen molar-refractivity contribution in [1.82, 2.24) is 5.32 Å². The number of rotatable bonds is 6. The molecule has 0 spiro atoms. The predicted molar refractivity (Wildman–Crippen MR) is 136 cm³/mol. The van der Waals surface area contributed by atoms with Crippen molar-refractivity contribution < 1.29 is 22.7 Å². The highest BCUT2D eigenvalue weighted by molar-refractivity contribution is 7.09. The number of benzene rings is 2. The summed E-state index contributed by atoms with van der Waals surface area (Å²) in [5, 5.41) is 5.05. The van der Waals surface area contributed by atoms with Crippen molar-refractivity contribution in [2.75, 3.05) is 43.1 Å². The number of hydrogen-bond acceptors (Lipinski definition) is 5. The molecule has 1 aromatic heterocycles. The van der Waals surface area contributed by atoms with Crippen LogP contribution in [0.1, 0.15) is 16.0 Å². The molecule has 2 aliphatic rings. The molecule has 1 N–H and O–H groups in total. The minimum absolute atomic E-state index is 0.110. The predicted octanol–water partition coefficient (Wildman–Crippen LogP) is 5.00. The fourth-order valence-electron chi connectivity index (χ4n) is 5.22. The highest BCUT2D eigenvalue weighted by Crippen LogP contribution is 2.40. The van der Waals surface area contributed by atoms with Crippen molar-refractivity contribution >= 4 is 28.6 Å². The van der Waals surface area contributed by atoms with Gasteiger partial charge in [-0.3, -0.25) is 4.79 Å². The second kappa shape index (κ2) is 10.0. The number of methoxy groups -OCH3 is 1. The smallest absolute Gasteiger partial charge is 0.416 e. The minimum atomic E-state index is -4.42. The topological polar surface area (TPSA) is 44.8 Å². The van der Waals surface area contributed by atoms with Crippen LogP contribution < -0.4 is 19.9 Å². The summed E-state index contributed by atoms with van der Waals surface area (Å²) in [6.45, 7) is 2.43. The Kier molecular flexibility index (Phi) is 6.83. The van der Waals surface area contributed by atoms with E-state index >= 15 is 0 Å². The van der Waals surface area contributed by atoms with Crippen LogP contribution in [0.2, 0.25) is 0 Å². The molecule has 0 bridgehead atoms. The molecule has 3 aromatic rings. The average Bonchev–Trinajstić information content (AvgIpc) is 3.40. The van der Waals surface area contributed by atoms with E-state index in [2.05, 4.69) is 15.1 Å². The van der Waals surface area contributed by atoms with E-state index in [4.69, 9.17) is 4.74 Å². The zero-order chi connectivity index (χ0) is 25.3. The molecule has 0 saturated carbocycles. The van der Waals surface area contributed by atoms with Crippen LogP contribution in [0.4, 0.5) is 24.5 Å². The van der Waals surface area contributed by atoms with Gasteiger partial charge in [0.25, 0.3) is 0 Å². The van der Waals surface area contributed by atoms with Gasteiger partial charge in [0.05, 0.1) is 24.6 Å². The van der Waals surface area contributed by atoms with Crippen LogP contribution in [-0.4, -0.2) is 45.2 Å². The first-order chi connectivity index (χ1) is 17.3. The highest BCUT2D eigenvalue weighted by atomic mass is 32.1. The fourth-order valence-corrected chi connectivity index (χ4v) is 5.93. The van der Waals surface area contributed by atoms with Crippen LogP contribution >= 0.6 is 11.3 Å². The number of hydrogen-bond donors (Lipinski definition) is 1. The Bertz CT molecular complexity index is 1200. The molecule has 0 aliphatic carbocycles. The lowest BCUT2D eigenvalue weighted by atomic mass is 9.82. The lowest BCUT2D eigenvalue weighted by Crippen LogP contribution is -2.61. The highest BCUT2D eigenvalue weighted by Gasteiger charge is 2.42. The van der Waals surface area contributed by atoms with E-state index < -0.39 is 17.7 Å². The fraction of sp³-hybridized carbons (Fsp3) is 0.370. The van der Waals surface area contributed by atoms with Crippen LogP contribution in [0, 0.1) is 5.92 Å². The van der Waals surface area contributed by atoms with Crippen molar-refractivity contribution in [3.8, 4) is 5.75 Å². The first-order valence-corrected chi connectivity index (χ1v) is 12.9. The van der Waals surface area contributed by atoms with Crippen LogP contribution in [0.25, 0.3) is 0 Å². The maximum atomic E-state index is 13.4. The van der Waals surface area contributed by atoms with Gasteiger partial charge in [-0.15, -0.1) is 11.3 Å². The van der Waals surface area contributed by atoms with Gasteiger partial charge in [0.15, 0.2) is 0 Å². The number of piperazine rings is 1. The molecule has 9 heteroatoms. The zero-order valence-corrected chi connectivity index (χ0v) is 20.7. The SMILES string of the molecule is COc1ccc(N2CCN3c4ccc(C(F)(F)F)cc4C[C@H](C(=O)NCCc4cccs4)[C@H]3C2)cc1. The molecular weight excluding hydrogens is 487 g/mol. The third kappa shape index (κ3) is 5.02. The number of anilines is 2. The van der Waals surface area contributed by atoms with Gasteiger partial charge in [-0.25, -0.2) is 0 Å². The number of alkyl halides is 3. The van der Waals surface area contributed by atoms with E-state index in [1.54, 1.807) is 24.5 Å². The summed E-state index contributed by atoms with van der Waals surface area (Å²) in [6, 6.07) is 15.6. The molecule has 3 heterocycles. The van der Waals surface area contributed by atoms with Gasteiger partial charge >= 0.3 is 6.18 Å². The first-order valence-electron chi connectivity index (χ1n) is 12.0. The minimum Gasteiger partial charge on any atom is -0.497 e. The van der Waals surface area contributed by atoms with Crippen molar-refractivity contribution in [1.29, 1.82) is 0 Å². The van der Waals surface area contributed by atoms with Crippen LogP contribution in [0.5, 0.6) is 5.75 Å². The van der Waals surface area contributed by atoms with Gasteiger partial charge in [-0.05, 0) is 72.3 Å². The molecule has 2 atom stereocenters. The quantitative estimate of drug-likeness (QED) is 0.502. The largest absolute Gasteiger partial charge is 0.497 e. The third-order valence-electron chi connectivity index (χ3n) is 7.06. The third-order valence-corrected chi connectivity index (χ3v) is 8.00. The maximum Gasteiger partial charge on any atom is 0.416 e. The van der Waals surface area contributed by atoms with E-state index in [1.165, 1.54) is 10.9 Å². The number of nitrogens with one attached hydrogen (secondary N) is 1. The zero-order valence-electron chi connectivity index (χ0n) is 19.9. The van der Waals surface area contributed by atoms with Crippen LogP contribution in [-0.2, 0) is 23.8 Å². The Balaban J connectivity index is 1.40. The summed E-state index contributed by atoms with van der Waals surface area (Å²) >= 11 is 1.64. The molecule has 0 radical (unpaired) electrons. The second-order valence-electron chi connectivity index (χ2n) is 9.18. The van der Waals surface area contributed by atoms with Crippen molar-refractivity contribution in [3.63, 3.8) is 0 Å². The molecule has 5 nitrogen and oxygen atoms in total. The summed E-state index contributed by atoms with van der Waals surface area (Å²) in [6.07, 6.45) is -3.41. The van der Waals surface area contributed by atoms with Gasteiger partial charge in [-0.1, -0.05) is 6.07 Å². The van der Waals surface area contributed by atoms with Crippen LogP contribution in [0.15, 0.2) is 60.0 Å². The Morgan fingerprint density at radius 1 is 1.14 bits per heavy atom. The number of thiophene rings is 1. The maximum absolute atomic E-state index is 13.4. The number of halogens is 3. The lowest BCUT2D eigenvalue weighted by molar-refractivity contribution is -0.137. The number of ether oxygens (including phenoxy) is 1. The summed E-state index contributed by atoms with van der Waals surface area (Å²) in [5.41, 5.74) is 1.74. The second-order valence-corrected chi connectivity index (χ2v) is 10.2. The Hall–Kier alpha value is -3.20. The summed E-state index contributed by atoms with van der Waals surface area (Å²) in [5.74, 6) is 0.207. The molecule has 2 aliphatic heterocycles. The van der Waals surface area contributed by atoms with Gasteiger partial charge < -0.3 is 19.9 Å². The molecule has 5 rings (SSSR count). The Morgan fingerprint density at radius 2 is 1.94 bits per heavy atom. The number of carbonyl (C=O) groups is 1. The van der Waals surface area contributed by atoms with Gasteiger partial charge in [0.1, 0.15) is 5.75 Å². The van der Waals surface area contributed by atoms with Crippen LogP contribution in [0.3, 0.4) is 0 Å². The molecule has 0 unspecified atom stereocenters. The van der Waals surface area contributed by atoms with Gasteiger partial charge in [-0.2, -0.15) is 13.2 Å². The Morgan fingerprint density at radius 3 is 2.64 bits per heavy atom. The molecule has 2 aromatic carbocycles. The molecule has 1 amide bonds. The standard InChI is InChI=1S/C27H28F3N3O2S/c1-35-21-7-5-20(6-8-21)32-12-13-33-24-9-4-19(27(28,29)30)15-18(24)16-23(25(33)17-32)26(34)31-11-10-22-3-2-14-36-22/h2-9,14-15,23,25H,10-13,16-17H2,1H3,(H,31,34)/t23-,25+/m0/s1.